The summed E-state index contributed by atoms with van der Waals surface area (Å²) in [4.78, 5) is 36.4. The van der Waals surface area contributed by atoms with E-state index < -0.39 is 0 Å². The number of carbonyl (C=O) groups excluding carboxylic acids is 2. The number of halogens is 1. The van der Waals surface area contributed by atoms with Gasteiger partial charge in [0.1, 0.15) is 5.02 Å². The van der Waals surface area contributed by atoms with E-state index in [-0.39, 0.29) is 11.9 Å². The van der Waals surface area contributed by atoms with Crippen molar-refractivity contribution in [2.24, 2.45) is 0 Å². The molecule has 0 bridgehead atoms. The van der Waals surface area contributed by atoms with E-state index in [0.717, 1.165) is 16.6 Å². The van der Waals surface area contributed by atoms with Gasteiger partial charge in [-0.1, -0.05) is 23.7 Å². The monoisotopic (exact) mass is 478 g/mol. The second-order valence-electron chi connectivity index (χ2n) is 7.37. The highest BCUT2D eigenvalue weighted by Gasteiger charge is 2.18. The Bertz CT molecular complexity index is 1380. The smallest absolute Gasteiger partial charge is 0.340 e. The largest absolute Gasteiger partial charge is 0.462 e. The number of rotatable bonds is 7. The highest BCUT2D eigenvalue weighted by Crippen LogP contribution is 2.29. The second kappa shape index (κ2) is 9.80. The minimum atomic E-state index is -0.360. The number of anilines is 4. The number of aromatic amines is 1. The van der Waals surface area contributed by atoms with Crippen molar-refractivity contribution in [3.63, 3.8) is 0 Å². The molecule has 9 nitrogen and oxygen atoms in total. The summed E-state index contributed by atoms with van der Waals surface area (Å²) in [7, 11) is 1.57. The second-order valence-corrected chi connectivity index (χ2v) is 7.78. The van der Waals surface area contributed by atoms with E-state index in [9.17, 15) is 9.59 Å². The number of hydrogen-bond acceptors (Lipinski definition) is 7. The third-order valence-electron chi connectivity index (χ3n) is 5.12. The molecule has 0 unspecified atom stereocenters. The molecule has 4 rings (SSSR count). The molecule has 34 heavy (non-hydrogen) atoms. The first kappa shape index (κ1) is 23.1. The lowest BCUT2D eigenvalue weighted by molar-refractivity contribution is 0.0527. The fourth-order valence-electron chi connectivity index (χ4n) is 3.57. The molecule has 0 atom stereocenters. The number of nitrogens with one attached hydrogen (secondary N) is 4. The number of fused-ring (bicyclic) bond motifs is 1. The van der Waals surface area contributed by atoms with Crippen LogP contribution in [0.5, 0.6) is 0 Å². The van der Waals surface area contributed by atoms with Crippen LogP contribution < -0.4 is 16.0 Å². The van der Waals surface area contributed by atoms with Crippen LogP contribution in [0, 0.1) is 6.92 Å². The minimum Gasteiger partial charge on any atom is -0.462 e. The Hall–Kier alpha value is -4.11. The number of nitrogens with zero attached hydrogens (tertiary/aromatic N) is 2. The lowest BCUT2D eigenvalue weighted by Gasteiger charge is -2.13. The fraction of sp³-hybridized carbons (Fsp3) is 0.167. The van der Waals surface area contributed by atoms with Crippen molar-refractivity contribution < 1.29 is 14.3 Å². The van der Waals surface area contributed by atoms with Gasteiger partial charge in [-0.05, 0) is 44.2 Å². The van der Waals surface area contributed by atoms with Gasteiger partial charge < -0.3 is 25.7 Å². The lowest BCUT2D eigenvalue weighted by atomic mass is 10.1. The summed E-state index contributed by atoms with van der Waals surface area (Å²) in [5.74, 6) is 0.0542. The van der Waals surface area contributed by atoms with Crippen molar-refractivity contribution >= 4 is 57.5 Å². The number of carbonyl (C=O) groups is 2. The van der Waals surface area contributed by atoms with E-state index in [1.807, 2.05) is 25.1 Å². The van der Waals surface area contributed by atoms with E-state index in [2.05, 4.69) is 30.9 Å². The zero-order chi connectivity index (χ0) is 24.2. The maximum atomic E-state index is 12.3. The van der Waals surface area contributed by atoms with E-state index in [1.54, 1.807) is 38.2 Å². The quantitative estimate of drug-likeness (QED) is 0.277. The van der Waals surface area contributed by atoms with Crippen LogP contribution in [0.25, 0.3) is 10.9 Å². The van der Waals surface area contributed by atoms with Crippen LogP contribution in [-0.4, -0.2) is 40.5 Å². The number of hydrogen-bond donors (Lipinski definition) is 4. The van der Waals surface area contributed by atoms with E-state index >= 15 is 0 Å². The number of benzene rings is 2. The number of esters is 1. The first-order valence-corrected chi connectivity index (χ1v) is 11.0. The van der Waals surface area contributed by atoms with Gasteiger partial charge >= 0.3 is 5.97 Å². The molecule has 4 N–H and O–H groups in total. The van der Waals surface area contributed by atoms with Gasteiger partial charge in [0.15, 0.2) is 5.82 Å². The molecule has 2 heterocycles. The van der Waals surface area contributed by atoms with Gasteiger partial charge in [-0.3, -0.25) is 4.79 Å². The number of aryl methyl sites for hydroxylation is 1. The summed E-state index contributed by atoms with van der Waals surface area (Å²) in [5, 5.41) is 9.93. The SMILES string of the molecule is CCOC(=O)c1c(C)[nH]c2cc(Nc3ncc(Cl)c(Nc4ccccc4C(=O)NC)n3)ccc12. The van der Waals surface area contributed by atoms with Crippen molar-refractivity contribution in [3.05, 3.63) is 70.5 Å². The number of aromatic nitrogens is 3. The van der Waals surface area contributed by atoms with Crippen LogP contribution >= 0.6 is 11.6 Å². The first-order chi connectivity index (χ1) is 16.4. The molecule has 2 aromatic heterocycles. The van der Waals surface area contributed by atoms with Gasteiger partial charge in [-0.15, -0.1) is 0 Å². The maximum absolute atomic E-state index is 12.3. The Kier molecular flexibility index (Phi) is 6.65. The molecule has 0 saturated heterocycles. The summed E-state index contributed by atoms with van der Waals surface area (Å²) in [6.07, 6.45) is 1.47. The van der Waals surface area contributed by atoms with Gasteiger partial charge in [0.25, 0.3) is 5.91 Å². The molecule has 0 aliphatic carbocycles. The predicted octanol–water partition coefficient (Wildman–Crippen LogP) is 4.94. The lowest BCUT2D eigenvalue weighted by Crippen LogP contribution is -2.19. The summed E-state index contributed by atoms with van der Waals surface area (Å²) >= 11 is 6.30. The third-order valence-corrected chi connectivity index (χ3v) is 5.39. The molecule has 10 heteroatoms. The molecule has 0 aliphatic rings. The highest BCUT2D eigenvalue weighted by atomic mass is 35.5. The average Bonchev–Trinajstić information content (AvgIpc) is 3.16. The van der Waals surface area contributed by atoms with Crippen LogP contribution in [0.3, 0.4) is 0 Å². The molecule has 0 saturated carbocycles. The zero-order valence-electron chi connectivity index (χ0n) is 18.8. The van der Waals surface area contributed by atoms with Gasteiger partial charge in [0.05, 0.1) is 29.6 Å². The molecule has 2 aromatic carbocycles. The summed E-state index contributed by atoms with van der Waals surface area (Å²) in [6, 6.07) is 12.6. The maximum Gasteiger partial charge on any atom is 0.340 e. The van der Waals surface area contributed by atoms with Gasteiger partial charge in [-0.25, -0.2) is 9.78 Å². The molecule has 0 spiro atoms. The van der Waals surface area contributed by atoms with Gasteiger partial charge in [0.2, 0.25) is 5.95 Å². The Morgan fingerprint density at radius 2 is 1.94 bits per heavy atom. The Balaban J connectivity index is 1.61. The molecular formula is C24H23ClN6O3. The molecular weight excluding hydrogens is 456 g/mol. The average molecular weight is 479 g/mol. The Morgan fingerprint density at radius 3 is 2.71 bits per heavy atom. The molecule has 0 fully saturated rings. The highest BCUT2D eigenvalue weighted by molar-refractivity contribution is 6.33. The van der Waals surface area contributed by atoms with Gasteiger partial charge in [0, 0.05) is 29.3 Å². The summed E-state index contributed by atoms with van der Waals surface area (Å²) < 4.78 is 5.17. The zero-order valence-corrected chi connectivity index (χ0v) is 19.6. The van der Waals surface area contributed by atoms with Crippen LogP contribution in [0.2, 0.25) is 5.02 Å². The van der Waals surface area contributed by atoms with E-state index in [4.69, 9.17) is 16.3 Å². The molecule has 174 valence electrons. The summed E-state index contributed by atoms with van der Waals surface area (Å²) in [5.41, 5.74) is 3.75. The normalized spacial score (nSPS) is 10.7. The summed E-state index contributed by atoms with van der Waals surface area (Å²) in [6.45, 7) is 3.91. The van der Waals surface area contributed by atoms with Crippen LogP contribution in [0.4, 0.5) is 23.1 Å². The minimum absolute atomic E-state index is 0.233. The number of amides is 1. The molecule has 0 aliphatic heterocycles. The number of para-hydroxylation sites is 1. The predicted molar refractivity (Wildman–Crippen MR) is 132 cm³/mol. The van der Waals surface area contributed by atoms with Crippen LogP contribution in [-0.2, 0) is 4.74 Å². The van der Waals surface area contributed by atoms with Crippen molar-refractivity contribution in [2.45, 2.75) is 13.8 Å². The van der Waals surface area contributed by atoms with Crippen molar-refractivity contribution in [1.29, 1.82) is 0 Å². The first-order valence-electron chi connectivity index (χ1n) is 10.6. The number of ether oxygens (including phenoxy) is 1. The topological polar surface area (TPSA) is 121 Å². The van der Waals surface area contributed by atoms with Crippen molar-refractivity contribution in [1.82, 2.24) is 20.3 Å². The van der Waals surface area contributed by atoms with Crippen LogP contribution in [0.15, 0.2) is 48.7 Å². The van der Waals surface area contributed by atoms with Gasteiger partial charge in [-0.2, -0.15) is 4.98 Å². The number of H-pyrrole nitrogens is 1. The molecule has 4 aromatic rings. The van der Waals surface area contributed by atoms with Crippen LogP contribution in [0.1, 0.15) is 33.3 Å². The Labute approximate surface area is 200 Å². The fourth-order valence-corrected chi connectivity index (χ4v) is 3.71. The van der Waals surface area contributed by atoms with Crippen molar-refractivity contribution in [2.75, 3.05) is 24.3 Å². The van der Waals surface area contributed by atoms with Crippen molar-refractivity contribution in [3.8, 4) is 0 Å². The molecule has 1 amide bonds. The Morgan fingerprint density at radius 1 is 1.15 bits per heavy atom. The molecule has 0 radical (unpaired) electrons. The third kappa shape index (κ3) is 4.65. The van der Waals surface area contributed by atoms with E-state index in [1.165, 1.54) is 6.20 Å². The standard InChI is InChI=1S/C24H23ClN6O3/c1-4-34-23(33)20-13(2)28-19-11-14(9-10-15(19)20)29-24-27-12-17(25)21(31-24)30-18-8-6-5-7-16(18)22(32)26-3/h5-12,28H,4H2,1-3H3,(H,26,32)(H2,27,29,30,31). The van der Waals surface area contributed by atoms with E-state index in [0.29, 0.717) is 45.9 Å².